The number of carbonyl (C=O) groups excluding carboxylic acids is 1. The van der Waals surface area contributed by atoms with Gasteiger partial charge in [-0.1, -0.05) is 49.9 Å². The summed E-state index contributed by atoms with van der Waals surface area (Å²) in [6.07, 6.45) is 8.94. The smallest absolute Gasteiger partial charge is 0.262 e. The SMILES string of the molecule is CC1CCN(c2ccc(NC(=O)COc3ccc(C4CCCCC4)cc3)cc2Cl)CC1. The highest BCUT2D eigenvalue weighted by Gasteiger charge is 2.18. The summed E-state index contributed by atoms with van der Waals surface area (Å²) in [6.45, 7) is 4.33. The lowest BCUT2D eigenvalue weighted by molar-refractivity contribution is -0.118. The predicted octanol–water partition coefficient (Wildman–Crippen LogP) is 6.64. The van der Waals surface area contributed by atoms with E-state index in [2.05, 4.69) is 29.3 Å². The van der Waals surface area contributed by atoms with E-state index in [0.717, 1.165) is 30.4 Å². The van der Waals surface area contributed by atoms with Gasteiger partial charge in [0.1, 0.15) is 5.75 Å². The molecule has 1 saturated carbocycles. The van der Waals surface area contributed by atoms with Gasteiger partial charge in [0, 0.05) is 18.8 Å². The summed E-state index contributed by atoms with van der Waals surface area (Å²) in [5.41, 5.74) is 3.12. The van der Waals surface area contributed by atoms with Gasteiger partial charge in [-0.2, -0.15) is 0 Å². The van der Waals surface area contributed by atoms with Gasteiger partial charge in [0.05, 0.1) is 10.7 Å². The molecular formula is C26H33ClN2O2. The largest absolute Gasteiger partial charge is 0.484 e. The molecule has 0 atom stereocenters. The van der Waals surface area contributed by atoms with E-state index >= 15 is 0 Å². The van der Waals surface area contributed by atoms with Gasteiger partial charge in [0.25, 0.3) is 5.91 Å². The van der Waals surface area contributed by atoms with Crippen molar-refractivity contribution in [3.63, 3.8) is 0 Å². The van der Waals surface area contributed by atoms with Gasteiger partial charge >= 0.3 is 0 Å². The number of hydrogen-bond donors (Lipinski definition) is 1. The molecule has 2 aromatic rings. The second-order valence-electron chi connectivity index (χ2n) is 9.08. The molecule has 1 aliphatic carbocycles. The number of anilines is 2. The van der Waals surface area contributed by atoms with Gasteiger partial charge < -0.3 is 15.0 Å². The molecule has 2 fully saturated rings. The molecular weight excluding hydrogens is 408 g/mol. The maximum Gasteiger partial charge on any atom is 0.262 e. The number of nitrogens with zero attached hydrogens (tertiary/aromatic N) is 1. The van der Waals surface area contributed by atoms with E-state index < -0.39 is 0 Å². The van der Waals surface area contributed by atoms with Gasteiger partial charge in [-0.3, -0.25) is 4.79 Å². The minimum absolute atomic E-state index is 0.0217. The van der Waals surface area contributed by atoms with Crippen LogP contribution in [0.5, 0.6) is 5.75 Å². The molecule has 2 aromatic carbocycles. The van der Waals surface area contributed by atoms with Crippen LogP contribution in [0.15, 0.2) is 42.5 Å². The summed E-state index contributed by atoms with van der Waals surface area (Å²) in [7, 11) is 0. The average molecular weight is 441 g/mol. The first kappa shape index (κ1) is 22.0. The minimum atomic E-state index is -0.188. The van der Waals surface area contributed by atoms with Crippen molar-refractivity contribution in [3.05, 3.63) is 53.1 Å². The highest BCUT2D eigenvalue weighted by molar-refractivity contribution is 6.33. The van der Waals surface area contributed by atoms with Crippen molar-refractivity contribution in [2.24, 2.45) is 5.92 Å². The molecule has 0 bridgehead atoms. The van der Waals surface area contributed by atoms with Crippen LogP contribution in [-0.4, -0.2) is 25.6 Å². The molecule has 0 aromatic heterocycles. The summed E-state index contributed by atoms with van der Waals surface area (Å²) in [5, 5.41) is 3.56. The standard InChI is InChI=1S/C26H33ClN2O2/c1-19-13-15-29(16-14-19)25-12-9-22(17-24(25)27)28-26(30)18-31-23-10-7-21(8-11-23)20-5-3-2-4-6-20/h7-12,17,19-20H,2-6,13-16,18H2,1H3,(H,28,30). The van der Waals surface area contributed by atoms with Crippen LogP contribution in [0.1, 0.15) is 63.4 Å². The molecule has 1 N–H and O–H groups in total. The third-order valence-electron chi connectivity index (χ3n) is 6.68. The third-order valence-corrected chi connectivity index (χ3v) is 6.99. The molecule has 0 spiro atoms. The fourth-order valence-electron chi connectivity index (χ4n) is 4.71. The molecule has 166 valence electrons. The molecule has 0 radical (unpaired) electrons. The number of piperidine rings is 1. The molecule has 31 heavy (non-hydrogen) atoms. The topological polar surface area (TPSA) is 41.6 Å². The van der Waals surface area contributed by atoms with Crippen LogP contribution in [0, 0.1) is 5.92 Å². The zero-order valence-corrected chi connectivity index (χ0v) is 19.2. The second-order valence-corrected chi connectivity index (χ2v) is 9.48. The van der Waals surface area contributed by atoms with E-state index in [9.17, 15) is 4.79 Å². The van der Waals surface area contributed by atoms with E-state index in [-0.39, 0.29) is 12.5 Å². The first-order chi connectivity index (χ1) is 15.1. The number of nitrogens with one attached hydrogen (secondary N) is 1. The Bertz CT molecular complexity index is 869. The van der Waals surface area contributed by atoms with Crippen molar-refractivity contribution >= 4 is 28.9 Å². The zero-order chi connectivity index (χ0) is 21.6. The molecule has 4 rings (SSSR count). The molecule has 1 heterocycles. The van der Waals surface area contributed by atoms with Crippen LogP contribution in [0.2, 0.25) is 5.02 Å². The lowest BCUT2D eigenvalue weighted by Gasteiger charge is -2.32. The quantitative estimate of drug-likeness (QED) is 0.547. The van der Waals surface area contributed by atoms with Crippen molar-refractivity contribution in [1.82, 2.24) is 0 Å². The second kappa shape index (κ2) is 10.4. The first-order valence-corrected chi connectivity index (χ1v) is 12.0. The molecule has 2 aliphatic rings. The minimum Gasteiger partial charge on any atom is -0.484 e. The molecule has 1 aliphatic heterocycles. The number of rotatable bonds is 6. The summed E-state index contributed by atoms with van der Waals surface area (Å²) in [5.74, 6) is 1.98. The van der Waals surface area contributed by atoms with Crippen molar-refractivity contribution < 1.29 is 9.53 Å². The summed E-state index contributed by atoms with van der Waals surface area (Å²) >= 11 is 6.51. The van der Waals surface area contributed by atoms with Gasteiger partial charge in [0.2, 0.25) is 0 Å². The predicted molar refractivity (Wildman–Crippen MR) is 128 cm³/mol. The number of hydrogen-bond acceptors (Lipinski definition) is 3. The fourth-order valence-corrected chi connectivity index (χ4v) is 5.01. The summed E-state index contributed by atoms with van der Waals surface area (Å²) < 4.78 is 5.69. The number of benzene rings is 2. The van der Waals surface area contributed by atoms with Crippen molar-refractivity contribution in [1.29, 1.82) is 0 Å². The summed E-state index contributed by atoms with van der Waals surface area (Å²) in [6, 6.07) is 14.0. The highest BCUT2D eigenvalue weighted by Crippen LogP contribution is 2.34. The maximum absolute atomic E-state index is 12.3. The Morgan fingerprint density at radius 1 is 1.03 bits per heavy atom. The van der Waals surface area contributed by atoms with Crippen molar-refractivity contribution in [2.75, 3.05) is 29.9 Å². The van der Waals surface area contributed by atoms with Crippen molar-refractivity contribution in [2.45, 2.75) is 57.8 Å². The van der Waals surface area contributed by atoms with E-state index in [4.69, 9.17) is 16.3 Å². The Hall–Kier alpha value is -2.20. The summed E-state index contributed by atoms with van der Waals surface area (Å²) in [4.78, 5) is 14.7. The molecule has 5 heteroatoms. The Morgan fingerprint density at radius 3 is 2.42 bits per heavy atom. The Labute approximate surface area is 190 Å². The van der Waals surface area contributed by atoms with E-state index in [1.54, 1.807) is 0 Å². The molecule has 0 unspecified atom stereocenters. The van der Waals surface area contributed by atoms with Crippen molar-refractivity contribution in [3.8, 4) is 5.75 Å². The fraction of sp³-hybridized carbons (Fsp3) is 0.500. The van der Waals surface area contributed by atoms with Crippen LogP contribution >= 0.6 is 11.6 Å². The number of amides is 1. The Morgan fingerprint density at radius 2 is 1.74 bits per heavy atom. The lowest BCUT2D eigenvalue weighted by Crippen LogP contribution is -2.32. The Kier molecular flexibility index (Phi) is 7.39. The first-order valence-electron chi connectivity index (χ1n) is 11.7. The van der Waals surface area contributed by atoms with Gasteiger partial charge in [-0.15, -0.1) is 0 Å². The monoisotopic (exact) mass is 440 g/mol. The van der Waals surface area contributed by atoms with E-state index in [0.29, 0.717) is 16.6 Å². The average Bonchev–Trinajstić information content (AvgIpc) is 2.80. The lowest BCUT2D eigenvalue weighted by atomic mass is 9.84. The van der Waals surface area contributed by atoms with Crippen LogP contribution < -0.4 is 15.0 Å². The van der Waals surface area contributed by atoms with Crippen LogP contribution in [0.3, 0.4) is 0 Å². The zero-order valence-electron chi connectivity index (χ0n) is 18.4. The number of ether oxygens (including phenoxy) is 1. The van der Waals surface area contributed by atoms with Gasteiger partial charge in [-0.05, 0) is 73.4 Å². The molecule has 4 nitrogen and oxygen atoms in total. The van der Waals surface area contributed by atoms with Crippen LogP contribution in [0.4, 0.5) is 11.4 Å². The van der Waals surface area contributed by atoms with Gasteiger partial charge in [0.15, 0.2) is 6.61 Å². The van der Waals surface area contributed by atoms with Crippen LogP contribution in [0.25, 0.3) is 0 Å². The normalized spacial score (nSPS) is 18.1. The van der Waals surface area contributed by atoms with E-state index in [1.807, 2.05) is 30.3 Å². The Balaban J connectivity index is 1.27. The maximum atomic E-state index is 12.3. The number of halogens is 1. The number of carbonyl (C=O) groups is 1. The van der Waals surface area contributed by atoms with Crippen LogP contribution in [-0.2, 0) is 4.79 Å². The van der Waals surface area contributed by atoms with Gasteiger partial charge in [-0.25, -0.2) is 0 Å². The third kappa shape index (κ3) is 5.94. The van der Waals surface area contributed by atoms with E-state index in [1.165, 1.54) is 50.5 Å². The highest BCUT2D eigenvalue weighted by atomic mass is 35.5. The molecule has 1 amide bonds. The molecule has 1 saturated heterocycles.